The molecule has 228 valence electrons. The second-order valence-corrected chi connectivity index (χ2v) is 9.50. The molecule has 5 atom stereocenters. The monoisotopic (exact) mass is 600 g/mol. The lowest BCUT2D eigenvalue weighted by Gasteiger charge is -2.43. The Morgan fingerprint density at radius 2 is 1.40 bits per heavy atom. The number of phenolic OH excluding ortho intramolecular Hbond substituents is 2. The molecule has 0 radical (unpaired) electrons. The van der Waals surface area contributed by atoms with Crippen molar-refractivity contribution >= 4 is 34.8 Å². The number of esters is 4. The zero-order valence-electron chi connectivity index (χ0n) is 23.4. The maximum Gasteiger partial charge on any atom is 0.303 e. The SMILES string of the molecule is CC(=O)OC[C@H]1O[C@@H](Oc2ccc3c(=O)c(-c4ccc(O)cc4)coc3c2O)[C@H](OC(C)=O)[C@@H](OC(C)=O)[C@H]1OC(C)=O. The topological polar surface area (TPSA) is 194 Å². The Hall–Kier alpha value is -5.11. The van der Waals surface area contributed by atoms with E-state index in [0.29, 0.717) is 5.56 Å². The molecule has 43 heavy (non-hydrogen) atoms. The molecule has 1 aliphatic rings. The van der Waals surface area contributed by atoms with E-state index in [2.05, 4.69) is 0 Å². The van der Waals surface area contributed by atoms with Gasteiger partial charge >= 0.3 is 23.9 Å². The molecule has 14 heteroatoms. The number of carbonyl (C=O) groups excluding carboxylic acids is 4. The van der Waals surface area contributed by atoms with Gasteiger partial charge in [-0.25, -0.2) is 0 Å². The molecule has 0 spiro atoms. The van der Waals surface area contributed by atoms with Gasteiger partial charge in [0.1, 0.15) is 24.7 Å². The summed E-state index contributed by atoms with van der Waals surface area (Å²) in [4.78, 5) is 60.7. The van der Waals surface area contributed by atoms with E-state index in [1.54, 1.807) is 0 Å². The van der Waals surface area contributed by atoms with Gasteiger partial charge in [0.25, 0.3) is 0 Å². The van der Waals surface area contributed by atoms with Crippen molar-refractivity contribution in [1.82, 2.24) is 0 Å². The van der Waals surface area contributed by atoms with Crippen LogP contribution in [-0.2, 0) is 42.9 Å². The first-order valence-corrected chi connectivity index (χ1v) is 12.9. The second kappa shape index (κ2) is 12.8. The molecule has 2 N–H and O–H groups in total. The van der Waals surface area contributed by atoms with Gasteiger partial charge in [0, 0.05) is 27.7 Å². The van der Waals surface area contributed by atoms with Crippen LogP contribution in [0.4, 0.5) is 0 Å². The molecular weight excluding hydrogens is 572 g/mol. The molecule has 2 aromatic carbocycles. The second-order valence-electron chi connectivity index (χ2n) is 9.50. The lowest BCUT2D eigenvalue weighted by Crippen LogP contribution is -2.63. The molecule has 0 aliphatic carbocycles. The Balaban J connectivity index is 1.74. The van der Waals surface area contributed by atoms with Gasteiger partial charge in [-0.3, -0.25) is 24.0 Å². The normalized spacial score (nSPS) is 21.4. The van der Waals surface area contributed by atoms with Crippen molar-refractivity contribution in [2.75, 3.05) is 6.61 Å². The summed E-state index contributed by atoms with van der Waals surface area (Å²) in [6.07, 6.45) is -6.19. The van der Waals surface area contributed by atoms with Gasteiger partial charge in [0.05, 0.1) is 10.9 Å². The number of aromatic hydroxyl groups is 2. The van der Waals surface area contributed by atoms with Crippen LogP contribution in [-0.4, -0.2) is 71.4 Å². The highest BCUT2D eigenvalue weighted by atomic mass is 16.7. The predicted molar refractivity (Wildman–Crippen MR) is 144 cm³/mol. The zero-order valence-corrected chi connectivity index (χ0v) is 23.4. The van der Waals surface area contributed by atoms with E-state index in [-0.39, 0.29) is 28.0 Å². The summed E-state index contributed by atoms with van der Waals surface area (Å²) in [5.41, 5.74) is -0.0948. The highest BCUT2D eigenvalue weighted by Crippen LogP contribution is 2.38. The van der Waals surface area contributed by atoms with Crippen LogP contribution in [0.2, 0.25) is 0 Å². The molecular formula is C29H28O14. The Morgan fingerprint density at radius 1 is 0.791 bits per heavy atom. The minimum atomic E-state index is -1.62. The van der Waals surface area contributed by atoms with Crippen LogP contribution in [0.5, 0.6) is 17.2 Å². The van der Waals surface area contributed by atoms with Gasteiger partial charge < -0.3 is 43.1 Å². The van der Waals surface area contributed by atoms with Gasteiger partial charge in [0.2, 0.25) is 23.6 Å². The molecule has 1 aliphatic heterocycles. The third kappa shape index (κ3) is 7.04. The van der Waals surface area contributed by atoms with Crippen LogP contribution < -0.4 is 10.2 Å². The third-order valence-electron chi connectivity index (χ3n) is 6.25. The van der Waals surface area contributed by atoms with Crippen molar-refractivity contribution in [3.63, 3.8) is 0 Å². The maximum atomic E-state index is 13.2. The van der Waals surface area contributed by atoms with Crippen LogP contribution >= 0.6 is 0 Å². The van der Waals surface area contributed by atoms with Crippen LogP contribution in [0, 0.1) is 0 Å². The van der Waals surface area contributed by atoms with E-state index >= 15 is 0 Å². The zero-order chi connectivity index (χ0) is 31.4. The number of hydrogen-bond acceptors (Lipinski definition) is 14. The number of rotatable bonds is 8. The van der Waals surface area contributed by atoms with E-state index in [0.717, 1.165) is 34.0 Å². The standard InChI is InChI=1S/C29H28O14/c1-13(30)37-12-22-26(39-14(2)31)27(40-15(3)32)28(41-16(4)33)29(43-22)42-21-10-9-19-23(35)20(11-38-25(19)24(21)36)17-5-7-18(34)8-6-17/h5-11,22,26-29,34,36H,12H2,1-4H3/t22-,26+,27+,28-,29-/m1/s1. The number of hydrogen-bond donors (Lipinski definition) is 2. The summed E-state index contributed by atoms with van der Waals surface area (Å²) in [6.45, 7) is 3.89. The lowest BCUT2D eigenvalue weighted by molar-refractivity contribution is -0.288. The van der Waals surface area contributed by atoms with Crippen molar-refractivity contribution in [1.29, 1.82) is 0 Å². The maximum absolute atomic E-state index is 13.2. The summed E-state index contributed by atoms with van der Waals surface area (Å²) in [5, 5.41) is 20.6. The third-order valence-corrected chi connectivity index (χ3v) is 6.25. The Bertz CT molecular complexity index is 1590. The average molecular weight is 601 g/mol. The Kier molecular flexibility index (Phi) is 9.19. The number of fused-ring (bicyclic) bond motifs is 1. The van der Waals surface area contributed by atoms with E-state index in [1.807, 2.05) is 0 Å². The van der Waals surface area contributed by atoms with Crippen LogP contribution in [0.25, 0.3) is 22.1 Å². The number of phenols is 2. The molecule has 1 aromatic heterocycles. The van der Waals surface area contributed by atoms with Crippen LogP contribution in [0.15, 0.2) is 51.9 Å². The van der Waals surface area contributed by atoms with Gasteiger partial charge in [0.15, 0.2) is 23.5 Å². The van der Waals surface area contributed by atoms with E-state index in [9.17, 15) is 34.2 Å². The number of benzene rings is 2. The molecule has 1 fully saturated rings. The highest BCUT2D eigenvalue weighted by molar-refractivity contribution is 5.88. The smallest absolute Gasteiger partial charge is 0.303 e. The van der Waals surface area contributed by atoms with Crippen molar-refractivity contribution in [3.05, 3.63) is 52.9 Å². The molecule has 1 saturated heterocycles. The van der Waals surface area contributed by atoms with E-state index < -0.39 is 72.4 Å². The number of carbonyl (C=O) groups is 4. The molecule has 0 unspecified atom stereocenters. The van der Waals surface area contributed by atoms with Crippen LogP contribution in [0.3, 0.4) is 0 Å². The van der Waals surface area contributed by atoms with E-state index in [4.69, 9.17) is 32.8 Å². The summed E-state index contributed by atoms with van der Waals surface area (Å²) >= 11 is 0. The predicted octanol–water partition coefficient (Wildman–Crippen LogP) is 2.33. The van der Waals surface area contributed by atoms with Crippen molar-refractivity contribution in [2.24, 2.45) is 0 Å². The number of ether oxygens (including phenoxy) is 6. The largest absolute Gasteiger partial charge is 0.508 e. The van der Waals surface area contributed by atoms with Gasteiger partial charge in [-0.15, -0.1) is 0 Å². The summed E-state index contributed by atoms with van der Waals surface area (Å²) in [6, 6.07) is 8.42. The molecule has 0 amide bonds. The molecule has 14 nitrogen and oxygen atoms in total. The summed E-state index contributed by atoms with van der Waals surface area (Å²) in [7, 11) is 0. The fraction of sp³-hybridized carbons (Fsp3) is 0.345. The minimum absolute atomic E-state index is 0.00281. The molecule has 0 saturated carbocycles. The fourth-order valence-corrected chi connectivity index (χ4v) is 4.51. The first kappa shape index (κ1) is 30.8. The lowest BCUT2D eigenvalue weighted by atomic mass is 9.98. The summed E-state index contributed by atoms with van der Waals surface area (Å²) in [5.74, 6) is -4.04. The first-order valence-electron chi connectivity index (χ1n) is 12.9. The minimum Gasteiger partial charge on any atom is -0.508 e. The van der Waals surface area contributed by atoms with E-state index in [1.165, 1.54) is 36.4 Å². The fourth-order valence-electron chi connectivity index (χ4n) is 4.51. The highest BCUT2D eigenvalue weighted by Gasteiger charge is 2.53. The van der Waals surface area contributed by atoms with Gasteiger partial charge in [-0.1, -0.05) is 12.1 Å². The Morgan fingerprint density at radius 3 is 2.00 bits per heavy atom. The molecule has 4 rings (SSSR count). The average Bonchev–Trinajstić information content (AvgIpc) is 2.92. The quantitative estimate of drug-likeness (QED) is 0.282. The van der Waals surface area contributed by atoms with Crippen molar-refractivity contribution in [3.8, 4) is 28.4 Å². The van der Waals surface area contributed by atoms with Crippen LogP contribution in [0.1, 0.15) is 27.7 Å². The van der Waals surface area contributed by atoms with Gasteiger partial charge in [-0.05, 0) is 29.8 Å². The Labute approximate surface area is 243 Å². The van der Waals surface area contributed by atoms with Gasteiger partial charge in [-0.2, -0.15) is 0 Å². The molecule has 0 bridgehead atoms. The van der Waals surface area contributed by atoms with Crippen molar-refractivity contribution < 1.29 is 62.2 Å². The molecule has 2 heterocycles. The van der Waals surface area contributed by atoms with Crippen molar-refractivity contribution in [2.45, 2.75) is 58.4 Å². The molecule has 3 aromatic rings. The summed E-state index contributed by atoms with van der Waals surface area (Å²) < 4.78 is 38.4. The first-order chi connectivity index (χ1) is 20.3.